The van der Waals surface area contributed by atoms with Crippen molar-refractivity contribution in [1.82, 2.24) is 5.48 Å². The SMILES string of the molecule is C=C(N)C(=O)ONC12CC3CC(CC(C3)C1)C2. The zero-order chi connectivity index (χ0) is 12.0. The number of hydrogen-bond acceptors (Lipinski definition) is 4. The Morgan fingerprint density at radius 3 is 2.06 bits per heavy atom. The first kappa shape index (κ1) is 11.1. The minimum Gasteiger partial charge on any atom is -0.393 e. The van der Waals surface area contributed by atoms with E-state index < -0.39 is 5.97 Å². The maximum atomic E-state index is 11.3. The van der Waals surface area contributed by atoms with Gasteiger partial charge < -0.3 is 10.6 Å². The molecule has 0 aromatic heterocycles. The summed E-state index contributed by atoms with van der Waals surface area (Å²) >= 11 is 0. The van der Waals surface area contributed by atoms with Gasteiger partial charge in [0.15, 0.2) is 0 Å². The molecule has 0 spiro atoms. The highest BCUT2D eigenvalue weighted by Gasteiger charge is 2.51. The van der Waals surface area contributed by atoms with E-state index in [2.05, 4.69) is 12.1 Å². The second-order valence-corrected chi connectivity index (χ2v) is 6.21. The van der Waals surface area contributed by atoms with Crippen LogP contribution in [0.2, 0.25) is 0 Å². The molecule has 4 aliphatic rings. The van der Waals surface area contributed by atoms with Crippen LogP contribution in [0.5, 0.6) is 0 Å². The van der Waals surface area contributed by atoms with Crippen molar-refractivity contribution in [2.45, 2.75) is 44.1 Å². The van der Waals surface area contributed by atoms with E-state index in [0.717, 1.165) is 37.0 Å². The number of hydrogen-bond donors (Lipinski definition) is 2. The van der Waals surface area contributed by atoms with Crippen LogP contribution in [-0.2, 0) is 9.63 Å². The summed E-state index contributed by atoms with van der Waals surface area (Å²) in [6.45, 7) is 3.38. The van der Waals surface area contributed by atoms with E-state index in [1.165, 1.54) is 19.3 Å². The average Bonchev–Trinajstić information content (AvgIpc) is 2.24. The Kier molecular flexibility index (Phi) is 2.43. The first-order chi connectivity index (χ1) is 8.06. The van der Waals surface area contributed by atoms with Crippen molar-refractivity contribution in [3.05, 3.63) is 12.3 Å². The second kappa shape index (κ2) is 3.73. The first-order valence-electron chi connectivity index (χ1n) is 6.49. The second-order valence-electron chi connectivity index (χ2n) is 6.21. The molecule has 0 atom stereocenters. The smallest absolute Gasteiger partial charge is 0.372 e. The molecule has 0 saturated heterocycles. The van der Waals surface area contributed by atoms with Crippen molar-refractivity contribution < 1.29 is 9.63 Å². The van der Waals surface area contributed by atoms with Gasteiger partial charge in [-0.05, 0) is 56.3 Å². The summed E-state index contributed by atoms with van der Waals surface area (Å²) in [4.78, 5) is 16.4. The Balaban J connectivity index is 1.66. The van der Waals surface area contributed by atoms with Crippen LogP contribution < -0.4 is 11.2 Å². The fourth-order valence-corrected chi connectivity index (χ4v) is 4.46. The largest absolute Gasteiger partial charge is 0.393 e. The molecule has 3 N–H and O–H groups in total. The van der Waals surface area contributed by atoms with Crippen molar-refractivity contribution >= 4 is 5.97 Å². The number of carbonyl (C=O) groups is 1. The van der Waals surface area contributed by atoms with E-state index in [1.54, 1.807) is 0 Å². The third-order valence-corrected chi connectivity index (χ3v) is 4.66. The van der Waals surface area contributed by atoms with Crippen molar-refractivity contribution in [3.8, 4) is 0 Å². The topological polar surface area (TPSA) is 64.4 Å². The Labute approximate surface area is 102 Å². The highest BCUT2D eigenvalue weighted by Crippen LogP contribution is 2.55. The fraction of sp³-hybridized carbons (Fsp3) is 0.769. The Hall–Kier alpha value is -1.03. The molecule has 4 rings (SSSR count). The van der Waals surface area contributed by atoms with Gasteiger partial charge in [-0.2, -0.15) is 0 Å². The summed E-state index contributed by atoms with van der Waals surface area (Å²) in [6.07, 6.45) is 7.55. The average molecular weight is 236 g/mol. The van der Waals surface area contributed by atoms with Gasteiger partial charge in [0, 0.05) is 0 Å². The van der Waals surface area contributed by atoms with Crippen LogP contribution in [0.25, 0.3) is 0 Å². The van der Waals surface area contributed by atoms with Crippen molar-refractivity contribution in [2.75, 3.05) is 0 Å². The number of nitrogens with two attached hydrogens (primary N) is 1. The minimum absolute atomic E-state index is 0.0276. The molecule has 4 fully saturated rings. The lowest BCUT2D eigenvalue weighted by atomic mass is 9.53. The van der Waals surface area contributed by atoms with Gasteiger partial charge >= 0.3 is 5.97 Å². The molecule has 17 heavy (non-hydrogen) atoms. The molecule has 0 aliphatic heterocycles. The maximum absolute atomic E-state index is 11.3. The van der Waals surface area contributed by atoms with E-state index in [0.29, 0.717) is 0 Å². The molecular weight excluding hydrogens is 216 g/mol. The molecule has 4 aliphatic carbocycles. The zero-order valence-corrected chi connectivity index (χ0v) is 10.1. The van der Waals surface area contributed by atoms with Crippen LogP contribution in [0, 0.1) is 17.8 Å². The number of nitrogens with one attached hydrogen (secondary N) is 1. The number of hydroxylamine groups is 1. The van der Waals surface area contributed by atoms with Crippen LogP contribution in [-0.4, -0.2) is 11.5 Å². The molecule has 0 heterocycles. The molecule has 94 valence electrons. The van der Waals surface area contributed by atoms with Gasteiger partial charge in [0.2, 0.25) is 0 Å². The van der Waals surface area contributed by atoms with Gasteiger partial charge in [0.1, 0.15) is 5.70 Å². The molecule has 4 nitrogen and oxygen atoms in total. The quantitative estimate of drug-likeness (QED) is 0.575. The predicted molar refractivity (Wildman–Crippen MR) is 63.5 cm³/mol. The molecular formula is C13H20N2O2. The molecule has 0 amide bonds. The molecule has 0 radical (unpaired) electrons. The summed E-state index contributed by atoms with van der Waals surface area (Å²) < 4.78 is 0. The van der Waals surface area contributed by atoms with Crippen molar-refractivity contribution in [3.63, 3.8) is 0 Å². The van der Waals surface area contributed by atoms with Crippen LogP contribution in [0.4, 0.5) is 0 Å². The zero-order valence-electron chi connectivity index (χ0n) is 10.1. The molecule has 0 aromatic rings. The van der Waals surface area contributed by atoms with E-state index in [-0.39, 0.29) is 11.2 Å². The third-order valence-electron chi connectivity index (χ3n) is 4.66. The standard InChI is InChI=1S/C13H20N2O2/c1-8(14)12(16)17-15-13-5-9-2-10(6-13)4-11(3-9)7-13/h9-11,15H,1-7,14H2. The summed E-state index contributed by atoms with van der Waals surface area (Å²) in [7, 11) is 0. The van der Waals surface area contributed by atoms with Gasteiger partial charge in [0.25, 0.3) is 0 Å². The summed E-state index contributed by atoms with van der Waals surface area (Å²) in [6, 6.07) is 0. The van der Waals surface area contributed by atoms with Crippen LogP contribution >= 0.6 is 0 Å². The monoisotopic (exact) mass is 236 g/mol. The number of rotatable bonds is 3. The van der Waals surface area contributed by atoms with Crippen molar-refractivity contribution in [2.24, 2.45) is 23.5 Å². The van der Waals surface area contributed by atoms with Gasteiger partial charge in [-0.1, -0.05) is 6.58 Å². The molecule has 4 saturated carbocycles. The molecule has 0 unspecified atom stereocenters. The molecule has 0 aromatic carbocycles. The summed E-state index contributed by atoms with van der Waals surface area (Å²) in [5.41, 5.74) is 8.31. The van der Waals surface area contributed by atoms with Crippen LogP contribution in [0.1, 0.15) is 38.5 Å². The summed E-state index contributed by atoms with van der Waals surface area (Å²) in [5, 5.41) is 0. The lowest BCUT2D eigenvalue weighted by molar-refractivity contribution is -0.161. The highest BCUT2D eigenvalue weighted by atomic mass is 16.7. The summed E-state index contributed by atoms with van der Waals surface area (Å²) in [5.74, 6) is 1.94. The Morgan fingerprint density at radius 1 is 1.18 bits per heavy atom. The van der Waals surface area contributed by atoms with Gasteiger partial charge in [0.05, 0.1) is 5.54 Å². The minimum atomic E-state index is -0.541. The molecule has 4 bridgehead atoms. The van der Waals surface area contributed by atoms with Crippen LogP contribution in [0.15, 0.2) is 12.3 Å². The lowest BCUT2D eigenvalue weighted by Gasteiger charge is -2.56. The highest BCUT2D eigenvalue weighted by molar-refractivity contribution is 5.86. The van der Waals surface area contributed by atoms with E-state index >= 15 is 0 Å². The number of carbonyl (C=O) groups excluding carboxylic acids is 1. The van der Waals surface area contributed by atoms with Gasteiger partial charge in [-0.3, -0.25) is 0 Å². The Bertz CT molecular complexity index is 329. The van der Waals surface area contributed by atoms with E-state index in [4.69, 9.17) is 10.6 Å². The van der Waals surface area contributed by atoms with E-state index in [9.17, 15) is 4.79 Å². The maximum Gasteiger partial charge on any atom is 0.372 e. The normalized spacial score (nSPS) is 42.5. The lowest BCUT2D eigenvalue weighted by Crippen LogP contribution is -2.58. The first-order valence-corrected chi connectivity index (χ1v) is 6.49. The van der Waals surface area contributed by atoms with E-state index in [1.807, 2.05) is 0 Å². The van der Waals surface area contributed by atoms with Crippen molar-refractivity contribution in [1.29, 1.82) is 0 Å². The van der Waals surface area contributed by atoms with Gasteiger partial charge in [-0.25, -0.2) is 4.79 Å². The van der Waals surface area contributed by atoms with Crippen LogP contribution in [0.3, 0.4) is 0 Å². The van der Waals surface area contributed by atoms with Gasteiger partial charge in [-0.15, -0.1) is 5.48 Å². The molecule has 4 heteroatoms. The predicted octanol–water partition coefficient (Wildman–Crippen LogP) is 1.48. The third kappa shape index (κ3) is 1.95. The fourth-order valence-electron chi connectivity index (χ4n) is 4.46. The Morgan fingerprint density at radius 2 is 1.65 bits per heavy atom.